The van der Waals surface area contributed by atoms with Gasteiger partial charge in [0.15, 0.2) is 5.84 Å². The van der Waals surface area contributed by atoms with Gasteiger partial charge in [-0.05, 0) is 17.4 Å². The summed E-state index contributed by atoms with van der Waals surface area (Å²) in [6.07, 6.45) is 1.66. The van der Waals surface area contributed by atoms with Crippen LogP contribution in [0.15, 0.2) is 25.6 Å². The normalized spacial score (nSPS) is 13.5. The summed E-state index contributed by atoms with van der Waals surface area (Å²) in [5, 5.41) is 13.6. The van der Waals surface area contributed by atoms with Crippen molar-refractivity contribution in [3.05, 3.63) is 0 Å². The van der Waals surface area contributed by atoms with E-state index in [1.54, 1.807) is 6.21 Å². The molecule has 0 fully saturated rings. The van der Waals surface area contributed by atoms with E-state index in [4.69, 9.17) is 0 Å². The van der Waals surface area contributed by atoms with Crippen molar-refractivity contribution in [2.24, 2.45) is 31.6 Å². The zero-order chi connectivity index (χ0) is 9.40. The van der Waals surface area contributed by atoms with Gasteiger partial charge in [0.25, 0.3) is 0 Å². The van der Waals surface area contributed by atoms with Crippen molar-refractivity contribution in [3.63, 3.8) is 0 Å². The predicted octanol–water partition coefficient (Wildman–Crippen LogP) is 2.11. The van der Waals surface area contributed by atoms with Gasteiger partial charge in [-0.3, -0.25) is 0 Å². The van der Waals surface area contributed by atoms with E-state index in [1.165, 1.54) is 0 Å². The highest BCUT2D eigenvalue weighted by Gasteiger charge is 2.00. The van der Waals surface area contributed by atoms with Crippen LogP contribution in [-0.2, 0) is 0 Å². The Kier molecular flexibility index (Phi) is 5.60. The van der Waals surface area contributed by atoms with Gasteiger partial charge in [-0.25, -0.2) is 4.99 Å². The maximum absolute atomic E-state index is 4.00. The van der Waals surface area contributed by atoms with E-state index >= 15 is 0 Å². The molecule has 0 atom stereocenters. The largest absolute Gasteiger partial charge is 0.244 e. The molecule has 0 saturated carbocycles. The van der Waals surface area contributed by atoms with Gasteiger partial charge in [0.05, 0.1) is 0 Å². The lowest BCUT2D eigenvalue weighted by Gasteiger charge is -1.99. The van der Waals surface area contributed by atoms with Gasteiger partial charge in [0.1, 0.15) is 0 Å². The number of nitrogens with zero attached hydrogens (tertiary/aromatic N) is 5. The summed E-state index contributed by atoms with van der Waals surface area (Å²) < 4.78 is 0. The van der Waals surface area contributed by atoms with Crippen molar-refractivity contribution >= 4 is 18.8 Å². The van der Waals surface area contributed by atoms with Gasteiger partial charge in [-0.2, -0.15) is 0 Å². The molecule has 0 aromatic rings. The first-order valence-electron chi connectivity index (χ1n) is 3.64. The summed E-state index contributed by atoms with van der Waals surface area (Å²) in [6.45, 7) is 8.90. The third-order valence-corrected chi connectivity index (χ3v) is 1.03. The first-order valence-corrected chi connectivity index (χ1v) is 3.64. The lowest BCUT2D eigenvalue weighted by atomic mass is 10.2. The Balaban J connectivity index is 4.38. The van der Waals surface area contributed by atoms with E-state index < -0.39 is 0 Å². The second-order valence-electron chi connectivity index (χ2n) is 2.32. The predicted molar refractivity (Wildman–Crippen MR) is 50.8 cm³/mol. The third kappa shape index (κ3) is 4.43. The molecule has 0 saturated heterocycles. The number of rotatable bonds is 3. The molecule has 0 N–H and O–H groups in total. The van der Waals surface area contributed by atoms with E-state index in [-0.39, 0.29) is 5.92 Å². The molecule has 5 heteroatoms. The Morgan fingerprint density at radius 2 is 2.00 bits per heavy atom. The molecule has 0 unspecified atom stereocenters. The first kappa shape index (κ1) is 10.6. The van der Waals surface area contributed by atoms with E-state index in [0.717, 1.165) is 0 Å². The van der Waals surface area contributed by atoms with Gasteiger partial charge < -0.3 is 0 Å². The van der Waals surface area contributed by atoms with E-state index in [1.807, 2.05) is 20.8 Å². The first-order chi connectivity index (χ1) is 5.72. The second kappa shape index (κ2) is 6.33. The molecule has 66 valence electrons. The maximum Gasteiger partial charge on any atom is 0.154 e. The average molecular weight is 167 g/mol. The van der Waals surface area contributed by atoms with Crippen LogP contribution in [0.1, 0.15) is 20.8 Å². The van der Waals surface area contributed by atoms with Crippen molar-refractivity contribution in [2.45, 2.75) is 20.8 Å². The molecule has 0 aromatic carbocycles. The zero-order valence-electron chi connectivity index (χ0n) is 7.60. The van der Waals surface area contributed by atoms with Crippen molar-refractivity contribution in [2.75, 3.05) is 0 Å². The smallest absolute Gasteiger partial charge is 0.154 e. The minimum Gasteiger partial charge on any atom is -0.244 e. The quantitative estimate of drug-likeness (QED) is 0.267. The van der Waals surface area contributed by atoms with Crippen LogP contribution in [-0.4, -0.2) is 18.8 Å². The molecule has 12 heavy (non-hydrogen) atoms. The minimum absolute atomic E-state index is 0.227. The molecule has 0 bridgehead atoms. The summed E-state index contributed by atoms with van der Waals surface area (Å²) in [7, 11) is 0. The number of amidine groups is 1. The lowest BCUT2D eigenvalue weighted by Crippen LogP contribution is -2.03. The van der Waals surface area contributed by atoms with Gasteiger partial charge in [0.2, 0.25) is 0 Å². The van der Waals surface area contributed by atoms with Gasteiger partial charge >= 0.3 is 0 Å². The molecule has 0 aliphatic rings. The van der Waals surface area contributed by atoms with Crippen LogP contribution in [0.4, 0.5) is 0 Å². The van der Waals surface area contributed by atoms with Crippen molar-refractivity contribution < 1.29 is 0 Å². The van der Waals surface area contributed by atoms with Crippen molar-refractivity contribution in [1.82, 2.24) is 0 Å². The van der Waals surface area contributed by atoms with Crippen LogP contribution in [0.5, 0.6) is 0 Å². The van der Waals surface area contributed by atoms with Crippen LogP contribution in [0.25, 0.3) is 0 Å². The lowest BCUT2D eigenvalue weighted by molar-refractivity contribution is 0.848. The fourth-order valence-electron chi connectivity index (χ4n) is 0.517. The summed E-state index contributed by atoms with van der Waals surface area (Å²) in [4.78, 5) is 4.00. The van der Waals surface area contributed by atoms with Crippen LogP contribution in [0.3, 0.4) is 0 Å². The molecule has 0 heterocycles. The van der Waals surface area contributed by atoms with Crippen LogP contribution in [0, 0.1) is 5.92 Å². The minimum atomic E-state index is 0.227. The van der Waals surface area contributed by atoms with E-state index in [2.05, 4.69) is 32.4 Å². The Hall–Kier alpha value is -1.39. The average Bonchev–Trinajstić information content (AvgIpc) is 2.03. The fraction of sp³-hybridized carbons (Fsp3) is 0.571. The van der Waals surface area contributed by atoms with Gasteiger partial charge in [0, 0.05) is 18.9 Å². The molecular weight excluding hydrogens is 154 g/mol. The Morgan fingerprint density at radius 3 is 2.42 bits per heavy atom. The molecule has 0 rings (SSSR count). The number of hydrogen-bond acceptors (Lipinski definition) is 2. The van der Waals surface area contributed by atoms with Gasteiger partial charge in [-0.1, -0.05) is 13.8 Å². The summed E-state index contributed by atoms with van der Waals surface area (Å²) in [5.74, 6) is 0.856. The topological polar surface area (TPSA) is 61.8 Å². The third-order valence-electron chi connectivity index (χ3n) is 1.03. The summed E-state index contributed by atoms with van der Waals surface area (Å²) >= 11 is 0. The van der Waals surface area contributed by atoms with Crippen molar-refractivity contribution in [1.29, 1.82) is 0 Å². The van der Waals surface area contributed by atoms with Crippen molar-refractivity contribution in [3.8, 4) is 0 Å². The molecular formula is C7H13N5. The highest BCUT2D eigenvalue weighted by molar-refractivity contribution is 5.90. The van der Waals surface area contributed by atoms with E-state index in [9.17, 15) is 0 Å². The highest BCUT2D eigenvalue weighted by atomic mass is 15.5. The monoisotopic (exact) mass is 167 g/mol. The number of hydrogen-bond donors (Lipinski definition) is 0. The van der Waals surface area contributed by atoms with Crippen LogP contribution >= 0.6 is 0 Å². The Bertz CT molecular complexity index is 214. The molecule has 0 aliphatic carbocycles. The SMILES string of the molecule is C=N\N=N/N=C(\N=C\C)C(C)C. The fourth-order valence-corrected chi connectivity index (χ4v) is 0.517. The summed E-state index contributed by atoms with van der Waals surface area (Å²) in [6, 6.07) is 0. The van der Waals surface area contributed by atoms with Crippen LogP contribution in [0.2, 0.25) is 0 Å². The van der Waals surface area contributed by atoms with Crippen LogP contribution < -0.4 is 0 Å². The Labute approximate surface area is 72.0 Å². The number of aliphatic imine (C=N–C) groups is 1. The molecule has 0 aromatic heterocycles. The van der Waals surface area contributed by atoms with Gasteiger partial charge in [-0.15, -0.1) is 10.2 Å². The molecule has 0 spiro atoms. The highest BCUT2D eigenvalue weighted by Crippen LogP contribution is 1.99. The van der Waals surface area contributed by atoms with E-state index in [0.29, 0.717) is 5.84 Å². The molecule has 0 radical (unpaired) electrons. The standard InChI is InChI=1S/C7H13N5/c1-5-9-7(6(2)3)10-12-11-8-4/h5-6H,4H2,1-3H3/b9-5+,10-7-,12-11-. The molecule has 0 aliphatic heterocycles. The molecule has 5 nitrogen and oxygen atoms in total. The molecule has 0 amide bonds. The maximum atomic E-state index is 4.00. The summed E-state index contributed by atoms with van der Waals surface area (Å²) in [5.41, 5.74) is 0. The second-order valence-corrected chi connectivity index (χ2v) is 2.32. The zero-order valence-corrected chi connectivity index (χ0v) is 7.60. The Morgan fingerprint density at radius 1 is 1.33 bits per heavy atom.